The van der Waals surface area contributed by atoms with E-state index in [0.29, 0.717) is 23.1 Å². The van der Waals surface area contributed by atoms with Crippen molar-refractivity contribution < 1.29 is 14.6 Å². The normalized spacial score (nSPS) is 12.1. The predicted molar refractivity (Wildman–Crippen MR) is 58.7 cm³/mol. The molecule has 1 amide bonds. The molecule has 0 saturated heterocycles. The zero-order chi connectivity index (χ0) is 12.0. The Morgan fingerprint density at radius 3 is 3.06 bits per heavy atom. The highest BCUT2D eigenvalue weighted by molar-refractivity contribution is 5.93. The van der Waals surface area contributed by atoms with Gasteiger partial charge in [-0.25, -0.2) is 0 Å². The minimum Gasteiger partial charge on any atom is -0.619 e. The summed E-state index contributed by atoms with van der Waals surface area (Å²) >= 11 is 0. The SMILES string of the molecule is CC(CCCO)NC(=O)c1ccc[n+]([O-])c1. The number of carbonyl (C=O) groups excluding carboxylic acids is 1. The van der Waals surface area contributed by atoms with E-state index < -0.39 is 0 Å². The van der Waals surface area contributed by atoms with E-state index in [1.807, 2.05) is 6.92 Å². The third-order valence-corrected chi connectivity index (χ3v) is 2.21. The van der Waals surface area contributed by atoms with Gasteiger partial charge in [0.25, 0.3) is 5.91 Å². The van der Waals surface area contributed by atoms with Gasteiger partial charge in [0.15, 0.2) is 12.4 Å². The van der Waals surface area contributed by atoms with Gasteiger partial charge in [0.2, 0.25) is 0 Å². The summed E-state index contributed by atoms with van der Waals surface area (Å²) in [6, 6.07) is 3.10. The van der Waals surface area contributed by atoms with E-state index in [1.54, 1.807) is 6.07 Å². The summed E-state index contributed by atoms with van der Waals surface area (Å²) in [5, 5.41) is 22.4. The molecule has 1 rings (SSSR count). The van der Waals surface area contributed by atoms with E-state index in [0.717, 1.165) is 0 Å². The van der Waals surface area contributed by atoms with E-state index in [1.165, 1.54) is 18.5 Å². The van der Waals surface area contributed by atoms with Crippen LogP contribution in [-0.4, -0.2) is 23.7 Å². The van der Waals surface area contributed by atoms with Crippen molar-refractivity contribution in [3.63, 3.8) is 0 Å². The number of aromatic nitrogens is 1. The second kappa shape index (κ2) is 6.07. The zero-order valence-electron chi connectivity index (χ0n) is 9.22. The molecule has 0 aromatic carbocycles. The molecular weight excluding hydrogens is 208 g/mol. The molecule has 5 heteroatoms. The fourth-order valence-electron chi connectivity index (χ4n) is 1.37. The van der Waals surface area contributed by atoms with Crippen molar-refractivity contribution in [3.05, 3.63) is 35.3 Å². The van der Waals surface area contributed by atoms with Crippen molar-refractivity contribution in [1.29, 1.82) is 0 Å². The van der Waals surface area contributed by atoms with Gasteiger partial charge < -0.3 is 15.6 Å². The third-order valence-electron chi connectivity index (χ3n) is 2.21. The molecule has 0 fully saturated rings. The predicted octanol–water partition coefficient (Wildman–Crippen LogP) is 0.211. The molecule has 0 aliphatic carbocycles. The molecule has 1 aromatic heterocycles. The minimum absolute atomic E-state index is 0.0139. The van der Waals surface area contributed by atoms with Gasteiger partial charge in [-0.15, -0.1) is 0 Å². The number of rotatable bonds is 5. The van der Waals surface area contributed by atoms with E-state index >= 15 is 0 Å². The van der Waals surface area contributed by atoms with Gasteiger partial charge in [-0.3, -0.25) is 4.79 Å². The monoisotopic (exact) mass is 224 g/mol. The summed E-state index contributed by atoms with van der Waals surface area (Å²) in [5.74, 6) is -0.268. The lowest BCUT2D eigenvalue weighted by atomic mass is 10.1. The van der Waals surface area contributed by atoms with Crippen molar-refractivity contribution in [2.45, 2.75) is 25.8 Å². The summed E-state index contributed by atoms with van der Waals surface area (Å²) in [5.41, 5.74) is 0.341. The lowest BCUT2D eigenvalue weighted by Gasteiger charge is -2.12. The first-order valence-electron chi connectivity index (χ1n) is 5.24. The molecule has 0 saturated carbocycles. The van der Waals surface area contributed by atoms with Crippen molar-refractivity contribution in [1.82, 2.24) is 5.32 Å². The highest BCUT2D eigenvalue weighted by atomic mass is 16.5. The minimum atomic E-state index is -0.268. The second-order valence-electron chi connectivity index (χ2n) is 3.69. The Morgan fingerprint density at radius 2 is 2.44 bits per heavy atom. The van der Waals surface area contributed by atoms with Gasteiger partial charge in [0, 0.05) is 18.7 Å². The van der Waals surface area contributed by atoms with Crippen LogP contribution in [0.15, 0.2) is 24.5 Å². The summed E-state index contributed by atoms with van der Waals surface area (Å²) in [6.07, 6.45) is 3.92. The highest BCUT2D eigenvalue weighted by Crippen LogP contribution is 1.99. The zero-order valence-corrected chi connectivity index (χ0v) is 9.22. The van der Waals surface area contributed by atoms with E-state index in [9.17, 15) is 10.0 Å². The van der Waals surface area contributed by atoms with Crippen molar-refractivity contribution in [2.24, 2.45) is 0 Å². The maximum Gasteiger partial charge on any atom is 0.257 e. The van der Waals surface area contributed by atoms with Crippen LogP contribution in [0.5, 0.6) is 0 Å². The molecule has 2 N–H and O–H groups in total. The Labute approximate surface area is 94.3 Å². The molecule has 1 aromatic rings. The standard InChI is InChI=1S/C11H16N2O3/c1-9(4-3-7-14)12-11(15)10-5-2-6-13(16)8-10/h2,5-6,8-9,14H,3-4,7H2,1H3,(H,12,15). The average molecular weight is 224 g/mol. The summed E-state index contributed by atoms with van der Waals surface area (Å²) in [7, 11) is 0. The Hall–Kier alpha value is -1.62. The Morgan fingerprint density at radius 1 is 1.69 bits per heavy atom. The van der Waals surface area contributed by atoms with Gasteiger partial charge in [0.1, 0.15) is 5.56 Å². The smallest absolute Gasteiger partial charge is 0.257 e. The molecule has 0 radical (unpaired) electrons. The fraction of sp³-hybridized carbons (Fsp3) is 0.455. The Kier molecular flexibility index (Phi) is 4.72. The van der Waals surface area contributed by atoms with E-state index in [4.69, 9.17) is 5.11 Å². The van der Waals surface area contributed by atoms with Crippen LogP contribution >= 0.6 is 0 Å². The largest absolute Gasteiger partial charge is 0.619 e. The van der Waals surface area contributed by atoms with E-state index in [-0.39, 0.29) is 18.6 Å². The van der Waals surface area contributed by atoms with Crippen LogP contribution < -0.4 is 10.0 Å². The quantitative estimate of drug-likeness (QED) is 0.554. The van der Waals surface area contributed by atoms with Gasteiger partial charge in [0.05, 0.1) is 0 Å². The van der Waals surface area contributed by atoms with Crippen LogP contribution in [0.1, 0.15) is 30.1 Å². The molecule has 88 valence electrons. The van der Waals surface area contributed by atoms with Gasteiger partial charge in [-0.05, 0) is 25.8 Å². The Balaban J connectivity index is 2.52. The highest BCUT2D eigenvalue weighted by Gasteiger charge is 2.11. The molecule has 0 bridgehead atoms. The van der Waals surface area contributed by atoms with Crippen molar-refractivity contribution in [3.8, 4) is 0 Å². The van der Waals surface area contributed by atoms with Crippen molar-refractivity contribution >= 4 is 5.91 Å². The number of aliphatic hydroxyl groups is 1. The summed E-state index contributed by atoms with van der Waals surface area (Å²) < 4.78 is 0.591. The lowest BCUT2D eigenvalue weighted by molar-refractivity contribution is -0.605. The number of nitrogens with one attached hydrogen (secondary N) is 1. The van der Waals surface area contributed by atoms with Gasteiger partial charge in [-0.1, -0.05) is 0 Å². The first-order valence-corrected chi connectivity index (χ1v) is 5.24. The number of hydrogen-bond acceptors (Lipinski definition) is 3. The van der Waals surface area contributed by atoms with Crippen molar-refractivity contribution in [2.75, 3.05) is 6.61 Å². The number of pyridine rings is 1. The van der Waals surface area contributed by atoms with Gasteiger partial charge >= 0.3 is 0 Å². The van der Waals surface area contributed by atoms with Crippen LogP contribution in [0.3, 0.4) is 0 Å². The van der Waals surface area contributed by atoms with Crippen LogP contribution in [-0.2, 0) is 0 Å². The molecule has 0 aliphatic heterocycles. The summed E-state index contributed by atoms with van der Waals surface area (Å²) in [4.78, 5) is 11.6. The lowest BCUT2D eigenvalue weighted by Crippen LogP contribution is -2.35. The Bertz CT molecular complexity index is 355. The molecule has 1 heterocycles. The molecule has 5 nitrogen and oxygen atoms in total. The van der Waals surface area contributed by atoms with Crippen LogP contribution in [0.25, 0.3) is 0 Å². The molecule has 0 aliphatic rings. The number of nitrogens with zero attached hydrogens (tertiary/aromatic N) is 1. The first kappa shape index (κ1) is 12.4. The van der Waals surface area contributed by atoms with Crippen LogP contribution in [0.2, 0.25) is 0 Å². The van der Waals surface area contributed by atoms with E-state index in [2.05, 4.69) is 5.32 Å². The molecule has 16 heavy (non-hydrogen) atoms. The van der Waals surface area contributed by atoms with Crippen LogP contribution in [0.4, 0.5) is 0 Å². The second-order valence-corrected chi connectivity index (χ2v) is 3.69. The molecular formula is C11H16N2O3. The number of aliphatic hydroxyl groups excluding tert-OH is 1. The van der Waals surface area contributed by atoms with Gasteiger partial charge in [-0.2, -0.15) is 4.73 Å². The molecule has 1 atom stereocenters. The number of carbonyl (C=O) groups is 1. The molecule has 0 spiro atoms. The summed E-state index contributed by atoms with van der Waals surface area (Å²) in [6.45, 7) is 1.98. The third kappa shape index (κ3) is 3.86. The number of hydrogen-bond donors (Lipinski definition) is 2. The first-order chi connectivity index (χ1) is 7.63. The van der Waals surface area contributed by atoms with Crippen LogP contribution in [0, 0.1) is 5.21 Å². The average Bonchev–Trinajstić information content (AvgIpc) is 2.26. The molecule has 1 unspecified atom stereocenters. The topological polar surface area (TPSA) is 76.3 Å². The maximum absolute atomic E-state index is 11.6. The number of amides is 1. The fourth-order valence-corrected chi connectivity index (χ4v) is 1.37. The maximum atomic E-state index is 11.6.